The highest BCUT2D eigenvalue weighted by Crippen LogP contribution is 2.35. The summed E-state index contributed by atoms with van der Waals surface area (Å²) in [6.07, 6.45) is 1.66. The first-order chi connectivity index (χ1) is 16.5. The summed E-state index contributed by atoms with van der Waals surface area (Å²) in [6, 6.07) is 31.7. The zero-order valence-corrected chi connectivity index (χ0v) is 16.6. The number of nitrogens with zero attached hydrogens (tertiary/aromatic N) is 2. The van der Waals surface area contributed by atoms with E-state index in [2.05, 4.69) is 41.0 Å². The molecule has 0 aliphatic carbocycles. The van der Waals surface area contributed by atoms with Gasteiger partial charge in [-0.15, -0.1) is 0 Å². The largest absolute Gasteiger partial charge is 0.464 e. The quantitative estimate of drug-likeness (QED) is 0.308. The Hall–Kier alpha value is -4.11. The van der Waals surface area contributed by atoms with E-state index < -0.39 is 6.85 Å². The molecule has 0 atom stereocenters. The third-order valence-corrected chi connectivity index (χ3v) is 5.61. The van der Waals surface area contributed by atoms with E-state index in [-0.39, 0.29) is 5.56 Å². The summed E-state index contributed by atoms with van der Waals surface area (Å²) in [4.78, 5) is 4.93. The molecule has 3 heteroatoms. The molecule has 0 bridgehead atoms. The van der Waals surface area contributed by atoms with E-state index in [4.69, 9.17) is 13.5 Å². The Morgan fingerprint density at radius 3 is 2.42 bits per heavy atom. The number of imidazole rings is 1. The van der Waals surface area contributed by atoms with Gasteiger partial charge in [-0.3, -0.25) is 4.57 Å². The van der Waals surface area contributed by atoms with Crippen molar-refractivity contribution in [2.75, 3.05) is 0 Å². The summed E-state index contributed by atoms with van der Waals surface area (Å²) in [5.74, 6) is 0.744. The molecule has 6 rings (SSSR count). The average molecular weight is 403 g/mol. The van der Waals surface area contributed by atoms with Gasteiger partial charge >= 0.3 is 0 Å². The number of hydrogen-bond acceptors (Lipinski definition) is 2. The molecule has 0 spiro atoms. The molecule has 31 heavy (non-hydrogen) atoms. The van der Waals surface area contributed by atoms with Gasteiger partial charge in [0.15, 0.2) is 0 Å². The van der Waals surface area contributed by atoms with Gasteiger partial charge in [0, 0.05) is 15.2 Å². The molecule has 4 aromatic carbocycles. The van der Waals surface area contributed by atoms with Gasteiger partial charge in [0.05, 0.1) is 16.6 Å². The lowest BCUT2D eigenvalue weighted by Gasteiger charge is -2.10. The number of aromatic nitrogens is 2. The van der Waals surface area contributed by atoms with Crippen molar-refractivity contribution in [3.05, 3.63) is 109 Å². The van der Waals surface area contributed by atoms with Crippen LogP contribution in [0.5, 0.6) is 0 Å². The predicted octanol–water partition coefficient (Wildman–Crippen LogP) is 7.41. The number of furan rings is 1. The van der Waals surface area contributed by atoms with Crippen molar-refractivity contribution in [1.29, 1.82) is 0 Å². The van der Waals surface area contributed by atoms with Crippen LogP contribution in [-0.4, -0.2) is 9.55 Å². The Morgan fingerprint density at radius 1 is 0.806 bits per heavy atom. The highest BCUT2D eigenvalue weighted by atomic mass is 16.3. The monoisotopic (exact) mass is 403 g/mol. The minimum atomic E-state index is -2.19. The van der Waals surface area contributed by atoms with Crippen LogP contribution >= 0.6 is 0 Å². The molecule has 0 amide bonds. The van der Waals surface area contributed by atoms with Crippen molar-refractivity contribution in [2.24, 2.45) is 0 Å². The van der Waals surface area contributed by atoms with E-state index in [0.717, 1.165) is 44.6 Å². The lowest BCUT2D eigenvalue weighted by atomic mass is 10.1. The molecular weight excluding hydrogens is 380 g/mol. The summed E-state index contributed by atoms with van der Waals surface area (Å²) >= 11 is 0. The van der Waals surface area contributed by atoms with Gasteiger partial charge in [0.2, 0.25) is 0 Å². The summed E-state index contributed by atoms with van der Waals surface area (Å²) in [6.45, 7) is -2.19. The first-order valence-electron chi connectivity index (χ1n) is 11.6. The van der Waals surface area contributed by atoms with Crippen LogP contribution in [0.25, 0.3) is 50.2 Å². The average Bonchev–Trinajstić information content (AvgIpc) is 3.45. The molecule has 0 saturated heterocycles. The highest BCUT2D eigenvalue weighted by Gasteiger charge is 2.18. The van der Waals surface area contributed by atoms with Crippen molar-refractivity contribution in [2.45, 2.75) is 6.85 Å². The van der Waals surface area contributed by atoms with Crippen LogP contribution in [0.3, 0.4) is 0 Å². The van der Waals surface area contributed by atoms with Gasteiger partial charge in [0.1, 0.15) is 17.7 Å². The number of aryl methyl sites for hydroxylation is 1. The third kappa shape index (κ3) is 2.94. The Labute approximate surface area is 184 Å². The second-order valence-corrected chi connectivity index (χ2v) is 7.53. The van der Waals surface area contributed by atoms with Gasteiger partial charge in [0.25, 0.3) is 0 Å². The third-order valence-electron chi connectivity index (χ3n) is 5.61. The molecule has 0 saturated carbocycles. The molecule has 0 aliphatic rings. The molecule has 0 radical (unpaired) electrons. The van der Waals surface area contributed by atoms with E-state index in [0.29, 0.717) is 5.58 Å². The number of rotatable bonds is 3. The van der Waals surface area contributed by atoms with Crippen molar-refractivity contribution in [3.8, 4) is 28.2 Å². The molecule has 2 aromatic heterocycles. The van der Waals surface area contributed by atoms with Crippen LogP contribution in [0.2, 0.25) is 0 Å². The minimum Gasteiger partial charge on any atom is -0.464 e. The van der Waals surface area contributed by atoms with Crippen LogP contribution in [-0.2, 0) is 0 Å². The van der Waals surface area contributed by atoms with Crippen molar-refractivity contribution in [3.63, 3.8) is 0 Å². The minimum absolute atomic E-state index is 0.255. The predicted molar refractivity (Wildman–Crippen MR) is 126 cm³/mol. The molecular formula is C28H20N2O. The Bertz CT molecular complexity index is 1630. The normalized spacial score (nSPS) is 13.2. The second kappa shape index (κ2) is 6.99. The summed E-state index contributed by atoms with van der Waals surface area (Å²) in [5, 5.41) is 0.825. The maximum Gasteiger partial charge on any atom is 0.149 e. The first kappa shape index (κ1) is 14.8. The molecule has 0 N–H and O–H groups in total. The van der Waals surface area contributed by atoms with Crippen LogP contribution in [0, 0.1) is 6.85 Å². The maximum absolute atomic E-state index is 7.69. The van der Waals surface area contributed by atoms with Crippen LogP contribution < -0.4 is 0 Å². The van der Waals surface area contributed by atoms with E-state index in [9.17, 15) is 0 Å². The zero-order chi connectivity index (χ0) is 23.3. The Morgan fingerprint density at radius 2 is 1.58 bits per heavy atom. The van der Waals surface area contributed by atoms with Crippen molar-refractivity contribution < 1.29 is 8.53 Å². The Balaban J connectivity index is 1.53. The van der Waals surface area contributed by atoms with Crippen LogP contribution in [0.15, 0.2) is 108 Å². The smallest absolute Gasteiger partial charge is 0.149 e. The molecule has 148 valence electrons. The molecule has 6 aromatic rings. The van der Waals surface area contributed by atoms with Gasteiger partial charge in [-0.1, -0.05) is 66.7 Å². The number of para-hydroxylation sites is 2. The fraction of sp³-hybridized carbons (Fsp3) is 0.0357. The number of fused-ring (bicyclic) bond motifs is 2. The van der Waals surface area contributed by atoms with Crippen LogP contribution in [0.4, 0.5) is 0 Å². The fourth-order valence-electron chi connectivity index (χ4n) is 4.10. The molecule has 2 heterocycles. The molecule has 0 unspecified atom stereocenters. The van der Waals surface area contributed by atoms with E-state index in [1.54, 1.807) is 24.5 Å². The summed E-state index contributed by atoms with van der Waals surface area (Å²) in [7, 11) is 0. The fourth-order valence-corrected chi connectivity index (χ4v) is 4.10. The van der Waals surface area contributed by atoms with Gasteiger partial charge in [-0.2, -0.15) is 0 Å². The van der Waals surface area contributed by atoms with E-state index in [1.165, 1.54) is 0 Å². The molecule has 0 aliphatic heterocycles. The van der Waals surface area contributed by atoms with Gasteiger partial charge in [-0.25, -0.2) is 4.98 Å². The second-order valence-electron chi connectivity index (χ2n) is 7.53. The van der Waals surface area contributed by atoms with Gasteiger partial charge < -0.3 is 4.42 Å². The van der Waals surface area contributed by atoms with Crippen molar-refractivity contribution in [1.82, 2.24) is 9.55 Å². The Kier molecular flexibility index (Phi) is 3.34. The first-order valence-corrected chi connectivity index (χ1v) is 10.1. The highest BCUT2D eigenvalue weighted by molar-refractivity contribution is 5.95. The van der Waals surface area contributed by atoms with E-state index in [1.807, 2.05) is 42.5 Å². The number of hydrogen-bond donors (Lipinski definition) is 0. The SMILES string of the molecule is [2H]C([2H])([2H])c1ccc2c(-c3nc4ccccc4n3-c3ccc(-c4ccccc4)cc3)coc2c1. The summed E-state index contributed by atoms with van der Waals surface area (Å²) in [5.41, 5.74) is 6.74. The lowest BCUT2D eigenvalue weighted by molar-refractivity contribution is 0.616. The number of benzene rings is 4. The van der Waals surface area contributed by atoms with Crippen molar-refractivity contribution >= 4 is 22.0 Å². The topological polar surface area (TPSA) is 31.0 Å². The molecule has 0 fully saturated rings. The molecule has 3 nitrogen and oxygen atoms in total. The van der Waals surface area contributed by atoms with E-state index >= 15 is 0 Å². The zero-order valence-electron chi connectivity index (χ0n) is 19.6. The standard InChI is InChI=1S/C28H20N2O/c1-19-11-16-23-24(18-31-27(23)17-19)28-29-25-9-5-6-10-26(25)30(28)22-14-12-21(13-15-22)20-7-3-2-4-8-20/h2-18H,1H3/i1D3. The van der Waals surface area contributed by atoms with Crippen LogP contribution in [0.1, 0.15) is 9.68 Å². The van der Waals surface area contributed by atoms with Gasteiger partial charge in [-0.05, 0) is 53.9 Å². The maximum atomic E-state index is 7.69. The summed E-state index contributed by atoms with van der Waals surface area (Å²) < 4.78 is 31.0. The lowest BCUT2D eigenvalue weighted by Crippen LogP contribution is -1.97.